The molecule has 7 heteroatoms. The van der Waals surface area contributed by atoms with E-state index in [4.69, 9.17) is 4.74 Å². The number of nitrogens with zero attached hydrogens (tertiary/aromatic N) is 2. The van der Waals surface area contributed by atoms with E-state index in [-0.39, 0.29) is 17.3 Å². The van der Waals surface area contributed by atoms with E-state index in [0.29, 0.717) is 11.4 Å². The molecule has 1 N–H and O–H groups in total. The van der Waals surface area contributed by atoms with Crippen molar-refractivity contribution in [1.29, 1.82) is 0 Å². The fourth-order valence-electron chi connectivity index (χ4n) is 1.59. The number of halogens is 1. The molecule has 0 saturated carbocycles. The van der Waals surface area contributed by atoms with Crippen molar-refractivity contribution in [1.82, 2.24) is 4.98 Å². The summed E-state index contributed by atoms with van der Waals surface area (Å²) in [4.78, 5) is 14.2. The molecule has 2 aromatic rings. The van der Waals surface area contributed by atoms with Crippen molar-refractivity contribution in [3.05, 3.63) is 51.8 Å². The zero-order valence-corrected chi connectivity index (χ0v) is 10.9. The number of aromatic nitrogens is 1. The van der Waals surface area contributed by atoms with Crippen LogP contribution < -0.4 is 10.1 Å². The quantitative estimate of drug-likeness (QED) is 0.685. The van der Waals surface area contributed by atoms with Crippen molar-refractivity contribution in [3.8, 4) is 11.6 Å². The fourth-order valence-corrected chi connectivity index (χ4v) is 1.59. The summed E-state index contributed by atoms with van der Waals surface area (Å²) in [6.45, 7) is 1.58. The van der Waals surface area contributed by atoms with E-state index in [1.165, 1.54) is 18.2 Å². The Morgan fingerprint density at radius 3 is 2.75 bits per heavy atom. The van der Waals surface area contributed by atoms with Crippen molar-refractivity contribution in [2.45, 2.75) is 6.92 Å². The molecule has 0 radical (unpaired) electrons. The highest BCUT2D eigenvalue weighted by atomic mass is 19.1. The molecule has 0 aliphatic carbocycles. The zero-order chi connectivity index (χ0) is 14.7. The maximum absolute atomic E-state index is 13.9. The highest BCUT2D eigenvalue weighted by molar-refractivity contribution is 5.50. The van der Waals surface area contributed by atoms with Crippen LogP contribution in [0.5, 0.6) is 11.6 Å². The Kier molecular flexibility index (Phi) is 3.79. The van der Waals surface area contributed by atoms with E-state index in [1.54, 1.807) is 26.1 Å². The van der Waals surface area contributed by atoms with Gasteiger partial charge in [0.25, 0.3) is 0 Å². The van der Waals surface area contributed by atoms with Crippen LogP contribution in [-0.4, -0.2) is 17.0 Å². The highest BCUT2D eigenvalue weighted by Gasteiger charge is 2.20. The number of rotatable bonds is 4. The Balaban J connectivity index is 2.46. The van der Waals surface area contributed by atoms with Gasteiger partial charge in [0.15, 0.2) is 11.6 Å². The predicted molar refractivity (Wildman–Crippen MR) is 71.6 cm³/mol. The van der Waals surface area contributed by atoms with Gasteiger partial charge in [-0.3, -0.25) is 10.1 Å². The second-order valence-electron chi connectivity index (χ2n) is 4.02. The highest BCUT2D eigenvalue weighted by Crippen LogP contribution is 2.32. The number of nitrogens with one attached hydrogen (secondary N) is 1. The minimum atomic E-state index is -0.629. The van der Waals surface area contributed by atoms with Crippen molar-refractivity contribution >= 4 is 11.5 Å². The molecule has 0 aliphatic rings. The second-order valence-corrected chi connectivity index (χ2v) is 4.02. The minimum Gasteiger partial charge on any atom is -0.430 e. The first-order valence-electron chi connectivity index (χ1n) is 5.79. The molecule has 104 valence electrons. The average Bonchev–Trinajstić information content (AvgIpc) is 2.43. The van der Waals surface area contributed by atoms with Gasteiger partial charge < -0.3 is 10.1 Å². The first kappa shape index (κ1) is 13.7. The van der Waals surface area contributed by atoms with Gasteiger partial charge in [-0.05, 0) is 24.6 Å². The molecule has 0 spiro atoms. The molecule has 0 fully saturated rings. The van der Waals surface area contributed by atoms with Gasteiger partial charge in [0, 0.05) is 13.1 Å². The van der Waals surface area contributed by atoms with E-state index >= 15 is 0 Å². The first-order chi connectivity index (χ1) is 9.52. The summed E-state index contributed by atoms with van der Waals surface area (Å²) in [6.07, 6.45) is 0. The van der Waals surface area contributed by atoms with E-state index in [2.05, 4.69) is 10.3 Å². The maximum Gasteiger partial charge on any atom is 0.331 e. The van der Waals surface area contributed by atoms with E-state index < -0.39 is 10.7 Å². The molecule has 0 unspecified atom stereocenters. The summed E-state index contributed by atoms with van der Waals surface area (Å²) in [5.41, 5.74) is 0.0554. The number of nitro groups is 1. The van der Waals surface area contributed by atoms with Crippen LogP contribution in [0.4, 0.5) is 15.9 Å². The monoisotopic (exact) mass is 277 g/mol. The van der Waals surface area contributed by atoms with E-state index in [9.17, 15) is 14.5 Å². The summed E-state index contributed by atoms with van der Waals surface area (Å²) in [7, 11) is 1.62. The molecular weight excluding hydrogens is 265 g/mol. The maximum atomic E-state index is 13.9. The van der Waals surface area contributed by atoms with Crippen molar-refractivity contribution in [3.63, 3.8) is 0 Å². The number of ether oxygens (including phenoxy) is 1. The largest absolute Gasteiger partial charge is 0.430 e. The van der Waals surface area contributed by atoms with Crippen LogP contribution in [0.1, 0.15) is 5.56 Å². The smallest absolute Gasteiger partial charge is 0.331 e. The Labute approximate surface area is 114 Å². The Hall–Kier alpha value is -2.70. The molecular formula is C13H12FN3O3. The van der Waals surface area contributed by atoms with Gasteiger partial charge in [0.05, 0.1) is 4.92 Å². The van der Waals surface area contributed by atoms with Crippen LogP contribution in [0.3, 0.4) is 0 Å². The van der Waals surface area contributed by atoms with E-state index in [0.717, 1.165) is 0 Å². The Morgan fingerprint density at radius 2 is 2.10 bits per heavy atom. The summed E-state index contributed by atoms with van der Waals surface area (Å²) in [5.74, 6) is -0.544. The molecule has 2 rings (SSSR count). The van der Waals surface area contributed by atoms with E-state index in [1.807, 2.05) is 0 Å². The van der Waals surface area contributed by atoms with Crippen LogP contribution in [0, 0.1) is 22.9 Å². The number of hydrogen-bond acceptors (Lipinski definition) is 5. The average molecular weight is 277 g/mol. The third-order valence-corrected chi connectivity index (χ3v) is 2.66. The minimum absolute atomic E-state index is 0.103. The van der Waals surface area contributed by atoms with Gasteiger partial charge in [-0.1, -0.05) is 12.1 Å². The standard InChI is InChI=1S/C13H12FN3O3/c1-8-4-3-5-10(12(8)14)20-13-9(17(18)19)6-7-11(15-2)16-13/h3-7H,1-2H3,(H,15,16). The van der Waals surface area contributed by atoms with Crippen molar-refractivity contribution in [2.24, 2.45) is 0 Å². The van der Waals surface area contributed by atoms with Crippen LogP contribution in [0.15, 0.2) is 30.3 Å². The third kappa shape index (κ3) is 2.66. The van der Waals surface area contributed by atoms with Crippen LogP contribution >= 0.6 is 0 Å². The number of aryl methyl sites for hydroxylation is 1. The third-order valence-electron chi connectivity index (χ3n) is 2.66. The zero-order valence-electron chi connectivity index (χ0n) is 10.9. The summed E-state index contributed by atoms with van der Waals surface area (Å²) < 4.78 is 19.1. The van der Waals surface area contributed by atoms with Crippen LogP contribution in [0.2, 0.25) is 0 Å². The van der Waals surface area contributed by atoms with Gasteiger partial charge in [0.1, 0.15) is 5.82 Å². The molecule has 0 bridgehead atoms. The van der Waals surface area contributed by atoms with Crippen molar-refractivity contribution < 1.29 is 14.1 Å². The SMILES string of the molecule is CNc1ccc([N+](=O)[O-])c(Oc2cccc(C)c2F)n1. The van der Waals surface area contributed by atoms with Crippen LogP contribution in [-0.2, 0) is 0 Å². The molecule has 0 aliphatic heterocycles. The Bertz CT molecular complexity index is 661. The van der Waals surface area contributed by atoms with Crippen molar-refractivity contribution in [2.75, 3.05) is 12.4 Å². The van der Waals surface area contributed by atoms with Gasteiger partial charge in [0.2, 0.25) is 0 Å². The molecule has 1 aromatic carbocycles. The molecule has 0 saturated heterocycles. The molecule has 1 heterocycles. The first-order valence-corrected chi connectivity index (χ1v) is 5.79. The Morgan fingerprint density at radius 1 is 1.35 bits per heavy atom. The van der Waals surface area contributed by atoms with Gasteiger partial charge in [-0.2, -0.15) is 4.98 Å². The van der Waals surface area contributed by atoms with Crippen LogP contribution in [0.25, 0.3) is 0 Å². The molecule has 6 nitrogen and oxygen atoms in total. The topological polar surface area (TPSA) is 77.3 Å². The normalized spacial score (nSPS) is 10.2. The summed E-state index contributed by atoms with van der Waals surface area (Å²) in [6, 6.07) is 7.26. The van der Waals surface area contributed by atoms with Gasteiger partial charge >= 0.3 is 11.6 Å². The molecule has 20 heavy (non-hydrogen) atoms. The van der Waals surface area contributed by atoms with Gasteiger partial charge in [-0.25, -0.2) is 4.39 Å². The lowest BCUT2D eigenvalue weighted by Crippen LogP contribution is -2.00. The molecule has 1 aromatic heterocycles. The fraction of sp³-hybridized carbons (Fsp3) is 0.154. The lowest BCUT2D eigenvalue weighted by Gasteiger charge is -2.08. The van der Waals surface area contributed by atoms with Gasteiger partial charge in [-0.15, -0.1) is 0 Å². The molecule has 0 amide bonds. The number of hydrogen-bond donors (Lipinski definition) is 1. The second kappa shape index (κ2) is 5.52. The lowest BCUT2D eigenvalue weighted by molar-refractivity contribution is -0.386. The summed E-state index contributed by atoms with van der Waals surface area (Å²) in [5, 5.41) is 13.7. The molecule has 0 atom stereocenters. The number of benzene rings is 1. The number of pyridine rings is 1. The predicted octanol–water partition coefficient (Wildman–Crippen LogP) is 3.27. The number of anilines is 1. The lowest BCUT2D eigenvalue weighted by atomic mass is 10.2. The summed E-state index contributed by atoms with van der Waals surface area (Å²) >= 11 is 0.